The molecule has 3 N–H and O–H groups in total. The lowest BCUT2D eigenvalue weighted by atomic mass is 10.0. The van der Waals surface area contributed by atoms with Crippen LogP contribution in [-0.4, -0.2) is 69.9 Å². The van der Waals surface area contributed by atoms with Gasteiger partial charge in [-0.25, -0.2) is 4.79 Å². The van der Waals surface area contributed by atoms with Crippen molar-refractivity contribution in [2.45, 2.75) is 39.3 Å². The van der Waals surface area contributed by atoms with Crippen molar-refractivity contribution in [3.8, 4) is 5.75 Å². The zero-order chi connectivity index (χ0) is 21.9. The third-order valence-electron chi connectivity index (χ3n) is 3.97. The predicted octanol–water partition coefficient (Wildman–Crippen LogP) is 2.38. The number of para-hydroxylation sites is 1. The van der Waals surface area contributed by atoms with Crippen LogP contribution in [0.4, 0.5) is 4.79 Å². The van der Waals surface area contributed by atoms with Crippen molar-refractivity contribution in [3.05, 3.63) is 29.8 Å². The van der Waals surface area contributed by atoms with E-state index in [1.165, 1.54) is 0 Å². The van der Waals surface area contributed by atoms with Crippen LogP contribution in [0.3, 0.4) is 0 Å². The van der Waals surface area contributed by atoms with Gasteiger partial charge in [-0.2, -0.15) is 0 Å². The molecule has 1 aromatic carbocycles. The summed E-state index contributed by atoms with van der Waals surface area (Å²) in [6.45, 7) is 9.79. The number of rotatable bonds is 9. The highest BCUT2D eigenvalue weighted by atomic mass is 16.6. The minimum absolute atomic E-state index is 0.0708. The van der Waals surface area contributed by atoms with Crippen LogP contribution in [0, 0.1) is 0 Å². The molecule has 1 atom stereocenters. The minimum Gasteiger partial charge on any atom is -0.496 e. The number of aliphatic imine (C=N–C) groups is 1. The Labute approximate surface area is 175 Å². The topological polar surface area (TPSA) is 87.2 Å². The lowest BCUT2D eigenvalue weighted by Crippen LogP contribution is -2.42. The smallest absolute Gasteiger partial charge is 0.407 e. The summed E-state index contributed by atoms with van der Waals surface area (Å²) in [6, 6.07) is 8.05. The number of hydrogen-bond acceptors (Lipinski definition) is 5. The number of hydrogen-bond donors (Lipinski definition) is 3. The Morgan fingerprint density at radius 3 is 2.38 bits per heavy atom. The molecule has 0 radical (unpaired) electrons. The standard InChI is InChI=1S/C21H37N5O3/c1-8-22-19(23-13-14-24-20(27)29-21(2,3)4)25-15-17(26(5)6)16-11-9-10-12-18(16)28-7/h9-12,17H,8,13-15H2,1-7H3,(H,24,27)(H2,22,23,25). The molecule has 0 bridgehead atoms. The van der Waals surface area contributed by atoms with Gasteiger partial charge in [0.1, 0.15) is 11.4 Å². The Hall–Kier alpha value is -2.48. The zero-order valence-electron chi connectivity index (χ0n) is 18.8. The van der Waals surface area contributed by atoms with Gasteiger partial charge in [0.2, 0.25) is 0 Å². The molecule has 8 nitrogen and oxygen atoms in total. The maximum atomic E-state index is 11.7. The van der Waals surface area contributed by atoms with Gasteiger partial charge in [-0.1, -0.05) is 18.2 Å². The summed E-state index contributed by atoms with van der Waals surface area (Å²) >= 11 is 0. The second-order valence-electron chi connectivity index (χ2n) is 7.80. The molecular formula is C21H37N5O3. The van der Waals surface area contributed by atoms with Crippen LogP contribution in [-0.2, 0) is 4.74 Å². The Kier molecular flexibility index (Phi) is 10.3. The summed E-state index contributed by atoms with van der Waals surface area (Å²) in [5.41, 5.74) is 0.583. The van der Waals surface area contributed by atoms with Crippen LogP contribution in [0.5, 0.6) is 5.75 Å². The highest BCUT2D eigenvalue weighted by Crippen LogP contribution is 2.28. The van der Waals surface area contributed by atoms with Gasteiger partial charge in [0.15, 0.2) is 5.96 Å². The summed E-state index contributed by atoms with van der Waals surface area (Å²) in [5, 5.41) is 9.19. The molecule has 1 aromatic rings. The zero-order valence-corrected chi connectivity index (χ0v) is 18.8. The Morgan fingerprint density at radius 1 is 1.14 bits per heavy atom. The molecule has 0 aromatic heterocycles. The van der Waals surface area contributed by atoms with E-state index in [0.29, 0.717) is 25.6 Å². The Bertz CT molecular complexity index is 656. The van der Waals surface area contributed by atoms with E-state index >= 15 is 0 Å². The highest BCUT2D eigenvalue weighted by molar-refractivity contribution is 5.79. The molecule has 0 heterocycles. The van der Waals surface area contributed by atoms with Gasteiger partial charge in [-0.15, -0.1) is 0 Å². The van der Waals surface area contributed by atoms with E-state index in [1.54, 1.807) is 7.11 Å². The van der Waals surface area contributed by atoms with Crippen LogP contribution in [0.1, 0.15) is 39.3 Å². The molecule has 0 saturated carbocycles. The third kappa shape index (κ3) is 9.51. The summed E-state index contributed by atoms with van der Waals surface area (Å²) in [4.78, 5) is 18.5. The first-order valence-corrected chi connectivity index (χ1v) is 9.96. The van der Waals surface area contributed by atoms with Crippen LogP contribution in [0.25, 0.3) is 0 Å². The normalized spacial score (nSPS) is 13.0. The molecular weight excluding hydrogens is 370 g/mol. The van der Waals surface area contributed by atoms with Crippen LogP contribution in [0.2, 0.25) is 0 Å². The van der Waals surface area contributed by atoms with Gasteiger partial charge in [-0.3, -0.25) is 4.99 Å². The van der Waals surface area contributed by atoms with Gasteiger partial charge in [-0.05, 0) is 47.9 Å². The molecule has 0 saturated heterocycles. The highest BCUT2D eigenvalue weighted by Gasteiger charge is 2.18. The molecule has 0 aliphatic carbocycles. The summed E-state index contributed by atoms with van der Waals surface area (Å²) in [6.07, 6.45) is -0.426. The fraction of sp³-hybridized carbons (Fsp3) is 0.619. The maximum absolute atomic E-state index is 11.7. The number of carbonyl (C=O) groups excluding carboxylic acids is 1. The molecule has 8 heteroatoms. The number of benzene rings is 1. The quantitative estimate of drug-likeness (QED) is 0.331. The molecule has 0 aliphatic rings. The summed E-state index contributed by atoms with van der Waals surface area (Å²) in [5.74, 6) is 1.54. The average Bonchev–Trinajstić information content (AvgIpc) is 2.63. The number of methoxy groups -OCH3 is 1. The summed E-state index contributed by atoms with van der Waals surface area (Å²) in [7, 11) is 5.73. The first kappa shape index (κ1) is 24.6. The number of nitrogens with one attached hydrogen (secondary N) is 3. The van der Waals surface area contributed by atoms with E-state index in [-0.39, 0.29) is 6.04 Å². The van der Waals surface area contributed by atoms with E-state index in [2.05, 4.69) is 26.9 Å². The Morgan fingerprint density at radius 2 is 1.79 bits per heavy atom. The van der Waals surface area contributed by atoms with E-state index < -0.39 is 11.7 Å². The van der Waals surface area contributed by atoms with Crippen molar-refractivity contribution in [1.82, 2.24) is 20.9 Å². The van der Waals surface area contributed by atoms with E-state index in [9.17, 15) is 4.79 Å². The molecule has 1 rings (SSSR count). The molecule has 29 heavy (non-hydrogen) atoms. The number of amides is 1. The largest absolute Gasteiger partial charge is 0.496 e. The number of guanidine groups is 1. The number of likely N-dealkylation sites (N-methyl/N-ethyl adjacent to an activating group) is 1. The molecule has 1 unspecified atom stereocenters. The maximum Gasteiger partial charge on any atom is 0.407 e. The predicted molar refractivity (Wildman–Crippen MR) is 118 cm³/mol. The van der Waals surface area contributed by atoms with Crippen molar-refractivity contribution < 1.29 is 14.3 Å². The average molecular weight is 408 g/mol. The van der Waals surface area contributed by atoms with Crippen molar-refractivity contribution in [2.24, 2.45) is 4.99 Å². The first-order chi connectivity index (χ1) is 13.7. The van der Waals surface area contributed by atoms with Gasteiger partial charge in [0.25, 0.3) is 0 Å². The van der Waals surface area contributed by atoms with Crippen LogP contribution < -0.4 is 20.7 Å². The SMILES string of the molecule is CCNC(=NCC(c1ccccc1OC)N(C)C)NCCNC(=O)OC(C)(C)C. The second kappa shape index (κ2) is 12.2. The van der Waals surface area contributed by atoms with Gasteiger partial charge >= 0.3 is 6.09 Å². The lowest BCUT2D eigenvalue weighted by Gasteiger charge is -2.25. The third-order valence-corrected chi connectivity index (χ3v) is 3.97. The van der Waals surface area contributed by atoms with Crippen molar-refractivity contribution in [1.29, 1.82) is 0 Å². The van der Waals surface area contributed by atoms with E-state index in [1.807, 2.05) is 60.0 Å². The molecule has 0 fully saturated rings. The van der Waals surface area contributed by atoms with Gasteiger partial charge in [0.05, 0.1) is 19.7 Å². The molecule has 1 amide bonds. The fourth-order valence-corrected chi connectivity index (χ4v) is 2.66. The van der Waals surface area contributed by atoms with E-state index in [0.717, 1.165) is 17.9 Å². The molecule has 0 spiro atoms. The van der Waals surface area contributed by atoms with Crippen molar-refractivity contribution in [3.63, 3.8) is 0 Å². The van der Waals surface area contributed by atoms with E-state index in [4.69, 9.17) is 14.5 Å². The monoisotopic (exact) mass is 407 g/mol. The Balaban J connectivity index is 2.68. The molecule has 0 aliphatic heterocycles. The van der Waals surface area contributed by atoms with Crippen molar-refractivity contribution >= 4 is 12.1 Å². The van der Waals surface area contributed by atoms with Crippen molar-refractivity contribution in [2.75, 3.05) is 47.4 Å². The fourth-order valence-electron chi connectivity index (χ4n) is 2.66. The number of carbonyl (C=O) groups is 1. The van der Waals surface area contributed by atoms with Crippen LogP contribution >= 0.6 is 0 Å². The molecule has 164 valence electrons. The minimum atomic E-state index is -0.506. The summed E-state index contributed by atoms with van der Waals surface area (Å²) < 4.78 is 10.7. The number of ether oxygens (including phenoxy) is 2. The second-order valence-corrected chi connectivity index (χ2v) is 7.80. The first-order valence-electron chi connectivity index (χ1n) is 9.96. The van der Waals surface area contributed by atoms with Crippen LogP contribution in [0.15, 0.2) is 29.3 Å². The van der Waals surface area contributed by atoms with Gasteiger partial charge in [0, 0.05) is 25.2 Å². The lowest BCUT2D eigenvalue weighted by molar-refractivity contribution is 0.0529. The number of alkyl carbamates (subject to hydrolysis) is 1. The van der Waals surface area contributed by atoms with Gasteiger partial charge < -0.3 is 30.3 Å². The number of nitrogens with zero attached hydrogens (tertiary/aromatic N) is 2.